The molecule has 0 amide bonds. The molecule has 1 aliphatic heterocycles. The topological polar surface area (TPSA) is 21.3 Å². The van der Waals surface area contributed by atoms with E-state index < -0.39 is 0 Å². The zero-order chi connectivity index (χ0) is 9.80. The van der Waals surface area contributed by atoms with Crippen molar-refractivity contribution in [3.05, 3.63) is 29.3 Å². The molecule has 0 spiro atoms. The van der Waals surface area contributed by atoms with Gasteiger partial charge in [-0.1, -0.05) is 17.7 Å². The zero-order valence-corrected chi connectivity index (χ0v) is 8.76. The normalized spacial score (nSPS) is 18.1. The molecule has 0 saturated carbocycles. The number of nitrogens with one attached hydrogen (secondary N) is 1. The van der Waals surface area contributed by atoms with Gasteiger partial charge in [-0.2, -0.15) is 0 Å². The molecule has 0 aliphatic carbocycles. The molecule has 76 valence electrons. The average molecular weight is 212 g/mol. The van der Waals surface area contributed by atoms with Crippen LogP contribution in [0.3, 0.4) is 0 Å². The molecule has 0 radical (unpaired) electrons. The lowest BCUT2D eigenvalue weighted by atomic mass is 10.1. The monoisotopic (exact) mass is 211 g/mol. The molecule has 1 aliphatic rings. The molecule has 0 unspecified atom stereocenters. The first-order valence-corrected chi connectivity index (χ1v) is 5.32. The second kappa shape index (κ2) is 4.67. The summed E-state index contributed by atoms with van der Waals surface area (Å²) in [5.41, 5.74) is 1.10. The van der Waals surface area contributed by atoms with Crippen LogP contribution < -0.4 is 5.32 Å². The fraction of sp³-hybridized carbons (Fsp3) is 0.455. The van der Waals surface area contributed by atoms with E-state index in [1.807, 2.05) is 24.3 Å². The summed E-state index contributed by atoms with van der Waals surface area (Å²) in [6.45, 7) is 1.72. The lowest BCUT2D eigenvalue weighted by Gasteiger charge is -2.24. The molecule has 3 heteroatoms. The lowest BCUT2D eigenvalue weighted by molar-refractivity contribution is 0.0904. The highest BCUT2D eigenvalue weighted by Gasteiger charge is 2.12. The maximum absolute atomic E-state index is 5.90. The number of anilines is 1. The molecule has 1 saturated heterocycles. The molecule has 14 heavy (non-hydrogen) atoms. The molecule has 2 nitrogen and oxygen atoms in total. The lowest BCUT2D eigenvalue weighted by Crippen LogP contribution is -2.27. The van der Waals surface area contributed by atoms with Crippen LogP contribution in [0.1, 0.15) is 12.8 Å². The first kappa shape index (κ1) is 9.81. The van der Waals surface area contributed by atoms with Crippen molar-refractivity contribution >= 4 is 17.3 Å². The van der Waals surface area contributed by atoms with Crippen LogP contribution in [0.2, 0.25) is 5.02 Å². The first-order chi connectivity index (χ1) is 6.84. The van der Waals surface area contributed by atoms with Crippen LogP contribution >= 0.6 is 11.6 Å². The number of halogens is 1. The highest BCUT2D eigenvalue weighted by Crippen LogP contribution is 2.18. The van der Waals surface area contributed by atoms with Gasteiger partial charge in [-0.15, -0.1) is 0 Å². The van der Waals surface area contributed by atoms with Gasteiger partial charge in [-0.25, -0.2) is 0 Å². The summed E-state index contributed by atoms with van der Waals surface area (Å²) in [4.78, 5) is 0. The van der Waals surface area contributed by atoms with E-state index in [0.29, 0.717) is 6.04 Å². The van der Waals surface area contributed by atoms with Gasteiger partial charge in [-0.3, -0.25) is 0 Å². The second-order valence-corrected chi connectivity index (χ2v) is 3.98. The van der Waals surface area contributed by atoms with Gasteiger partial charge in [0.1, 0.15) is 0 Å². The van der Waals surface area contributed by atoms with Crippen LogP contribution in [-0.4, -0.2) is 19.3 Å². The molecule has 1 aromatic rings. The van der Waals surface area contributed by atoms with Crippen molar-refractivity contribution in [1.82, 2.24) is 0 Å². The summed E-state index contributed by atoms with van der Waals surface area (Å²) in [6, 6.07) is 8.38. The van der Waals surface area contributed by atoms with Gasteiger partial charge in [0.2, 0.25) is 0 Å². The number of hydrogen-bond donors (Lipinski definition) is 1. The van der Waals surface area contributed by atoms with Crippen LogP contribution in [0.4, 0.5) is 5.69 Å². The van der Waals surface area contributed by atoms with Crippen LogP contribution in [0, 0.1) is 0 Å². The quantitative estimate of drug-likeness (QED) is 0.812. The Balaban J connectivity index is 1.95. The molecule has 0 aromatic heterocycles. The van der Waals surface area contributed by atoms with Gasteiger partial charge in [0.05, 0.1) is 0 Å². The summed E-state index contributed by atoms with van der Waals surface area (Å²) >= 11 is 5.90. The first-order valence-electron chi connectivity index (χ1n) is 4.94. The van der Waals surface area contributed by atoms with Gasteiger partial charge in [0, 0.05) is 30.0 Å². The largest absolute Gasteiger partial charge is 0.382 e. The minimum absolute atomic E-state index is 0.530. The van der Waals surface area contributed by atoms with Crippen LogP contribution in [0.15, 0.2) is 24.3 Å². The van der Waals surface area contributed by atoms with Crippen molar-refractivity contribution in [3.63, 3.8) is 0 Å². The average Bonchev–Trinajstić information content (AvgIpc) is 2.19. The summed E-state index contributed by atoms with van der Waals surface area (Å²) in [5, 5.41) is 4.24. The molecule has 0 bridgehead atoms. The molecule has 0 atom stereocenters. The van der Waals surface area contributed by atoms with Crippen molar-refractivity contribution in [2.75, 3.05) is 18.5 Å². The SMILES string of the molecule is Clc1cccc(NC2CCOCC2)c1. The Morgan fingerprint density at radius 2 is 2.07 bits per heavy atom. The number of hydrogen-bond acceptors (Lipinski definition) is 2. The van der Waals surface area contributed by atoms with Crippen molar-refractivity contribution < 1.29 is 4.74 Å². The fourth-order valence-electron chi connectivity index (χ4n) is 1.66. The Kier molecular flexibility index (Phi) is 3.27. The Morgan fingerprint density at radius 3 is 2.79 bits per heavy atom. The van der Waals surface area contributed by atoms with E-state index in [-0.39, 0.29) is 0 Å². The van der Waals surface area contributed by atoms with Gasteiger partial charge >= 0.3 is 0 Å². The van der Waals surface area contributed by atoms with Crippen molar-refractivity contribution in [1.29, 1.82) is 0 Å². The summed E-state index contributed by atoms with van der Waals surface area (Å²) < 4.78 is 5.30. The zero-order valence-electron chi connectivity index (χ0n) is 8.00. The third-order valence-electron chi connectivity index (χ3n) is 2.42. The van der Waals surface area contributed by atoms with E-state index >= 15 is 0 Å². The highest BCUT2D eigenvalue weighted by atomic mass is 35.5. The highest BCUT2D eigenvalue weighted by molar-refractivity contribution is 6.30. The standard InChI is InChI=1S/C11H14ClNO/c12-9-2-1-3-11(8-9)13-10-4-6-14-7-5-10/h1-3,8,10,13H,4-7H2. The Hall–Kier alpha value is -0.730. The van der Waals surface area contributed by atoms with Crippen molar-refractivity contribution in [3.8, 4) is 0 Å². The molecule has 1 N–H and O–H groups in total. The maximum atomic E-state index is 5.90. The third kappa shape index (κ3) is 2.63. The third-order valence-corrected chi connectivity index (χ3v) is 2.65. The van der Waals surface area contributed by atoms with Crippen molar-refractivity contribution in [2.24, 2.45) is 0 Å². The number of ether oxygens (including phenoxy) is 1. The predicted molar refractivity (Wildman–Crippen MR) is 58.9 cm³/mol. The molecule has 1 heterocycles. The van der Waals surface area contributed by atoms with E-state index in [9.17, 15) is 0 Å². The molecule has 2 rings (SSSR count). The fourth-order valence-corrected chi connectivity index (χ4v) is 1.85. The van der Waals surface area contributed by atoms with Crippen LogP contribution in [0.25, 0.3) is 0 Å². The number of rotatable bonds is 2. The number of benzene rings is 1. The predicted octanol–water partition coefficient (Wildman–Crippen LogP) is 2.93. The van der Waals surface area contributed by atoms with Crippen LogP contribution in [0.5, 0.6) is 0 Å². The molecule has 1 aromatic carbocycles. The van der Waals surface area contributed by atoms with E-state index in [1.165, 1.54) is 0 Å². The van der Waals surface area contributed by atoms with E-state index in [2.05, 4.69) is 5.32 Å². The Labute approximate surface area is 89.2 Å². The van der Waals surface area contributed by atoms with Gasteiger partial charge in [-0.05, 0) is 31.0 Å². The Bertz CT molecular complexity index is 297. The minimum atomic E-state index is 0.530. The Morgan fingerprint density at radius 1 is 1.29 bits per heavy atom. The van der Waals surface area contributed by atoms with Gasteiger partial charge in [0.25, 0.3) is 0 Å². The molecule has 1 fully saturated rings. The van der Waals surface area contributed by atoms with E-state index in [4.69, 9.17) is 16.3 Å². The molecular formula is C11H14ClNO. The van der Waals surface area contributed by atoms with E-state index in [0.717, 1.165) is 36.8 Å². The van der Waals surface area contributed by atoms with Crippen molar-refractivity contribution in [2.45, 2.75) is 18.9 Å². The second-order valence-electron chi connectivity index (χ2n) is 3.54. The van der Waals surface area contributed by atoms with Crippen LogP contribution in [-0.2, 0) is 4.74 Å². The smallest absolute Gasteiger partial charge is 0.0485 e. The minimum Gasteiger partial charge on any atom is -0.382 e. The van der Waals surface area contributed by atoms with Gasteiger partial charge < -0.3 is 10.1 Å². The summed E-state index contributed by atoms with van der Waals surface area (Å²) in [5.74, 6) is 0. The van der Waals surface area contributed by atoms with Gasteiger partial charge in [0.15, 0.2) is 0 Å². The summed E-state index contributed by atoms with van der Waals surface area (Å²) in [7, 11) is 0. The molecular weight excluding hydrogens is 198 g/mol. The summed E-state index contributed by atoms with van der Waals surface area (Å²) in [6.07, 6.45) is 2.15. The van der Waals surface area contributed by atoms with E-state index in [1.54, 1.807) is 0 Å². The maximum Gasteiger partial charge on any atom is 0.0485 e.